The highest BCUT2D eigenvalue weighted by Crippen LogP contribution is 2.40. The van der Waals surface area contributed by atoms with Crippen LogP contribution in [0, 0.1) is 5.92 Å². The molecule has 3 aromatic rings. The zero-order valence-corrected chi connectivity index (χ0v) is 20.1. The number of nitrogens with zero attached hydrogens (tertiary/aromatic N) is 2. The van der Waals surface area contributed by atoms with Gasteiger partial charge < -0.3 is 24.6 Å². The van der Waals surface area contributed by atoms with Gasteiger partial charge in [-0.25, -0.2) is 0 Å². The van der Waals surface area contributed by atoms with Crippen LogP contribution in [0.25, 0.3) is 0 Å². The number of benzene rings is 3. The van der Waals surface area contributed by atoms with Gasteiger partial charge in [-0.2, -0.15) is 0 Å². The van der Waals surface area contributed by atoms with Crippen LogP contribution in [-0.4, -0.2) is 45.8 Å². The molecule has 1 fully saturated rings. The van der Waals surface area contributed by atoms with Gasteiger partial charge in [-0.1, -0.05) is 29.8 Å². The second kappa shape index (κ2) is 9.47. The third-order valence-corrected chi connectivity index (χ3v) is 7.13. The number of carbonyl (C=O) groups is 1. The molecule has 2 aliphatic heterocycles. The number of methoxy groups -OCH3 is 2. The van der Waals surface area contributed by atoms with E-state index < -0.39 is 0 Å². The van der Waals surface area contributed by atoms with Crippen molar-refractivity contribution < 1.29 is 14.3 Å². The van der Waals surface area contributed by atoms with Gasteiger partial charge in [0.15, 0.2) is 0 Å². The number of amides is 1. The smallest absolute Gasteiger partial charge is 0.229 e. The fourth-order valence-corrected chi connectivity index (χ4v) is 5.30. The lowest BCUT2D eigenvalue weighted by Crippen LogP contribution is -2.60. The molecule has 1 N–H and O–H groups in total. The molecule has 176 valence electrons. The summed E-state index contributed by atoms with van der Waals surface area (Å²) in [4.78, 5) is 18.2. The van der Waals surface area contributed by atoms with E-state index >= 15 is 0 Å². The highest BCUT2D eigenvalue weighted by molar-refractivity contribution is 6.33. The molecule has 0 unspecified atom stereocenters. The van der Waals surface area contributed by atoms with Crippen molar-refractivity contribution in [2.45, 2.75) is 12.5 Å². The van der Waals surface area contributed by atoms with Gasteiger partial charge in [-0.3, -0.25) is 4.79 Å². The van der Waals surface area contributed by atoms with Crippen LogP contribution >= 0.6 is 11.6 Å². The Morgan fingerprint density at radius 1 is 0.941 bits per heavy atom. The van der Waals surface area contributed by atoms with Crippen LogP contribution in [0.4, 0.5) is 17.1 Å². The summed E-state index contributed by atoms with van der Waals surface area (Å²) in [5.74, 6) is 1.38. The maximum Gasteiger partial charge on any atom is 0.229 e. The van der Waals surface area contributed by atoms with Crippen molar-refractivity contribution in [3.8, 4) is 11.5 Å². The summed E-state index contributed by atoms with van der Waals surface area (Å²) in [6, 6.07) is 21.5. The first-order chi connectivity index (χ1) is 16.6. The second-order valence-corrected chi connectivity index (χ2v) is 9.09. The summed E-state index contributed by atoms with van der Waals surface area (Å²) in [7, 11) is 3.31. The van der Waals surface area contributed by atoms with Crippen molar-refractivity contribution >= 4 is 34.6 Å². The molecule has 6 nitrogen and oxygen atoms in total. The average Bonchev–Trinajstić information content (AvgIpc) is 2.88. The Hall–Kier alpha value is -3.38. The van der Waals surface area contributed by atoms with E-state index in [0.29, 0.717) is 13.0 Å². The predicted octanol–water partition coefficient (Wildman–Crippen LogP) is 4.86. The van der Waals surface area contributed by atoms with Gasteiger partial charge in [-0.15, -0.1) is 0 Å². The van der Waals surface area contributed by atoms with Gasteiger partial charge in [-0.05, 0) is 54.4 Å². The molecule has 0 saturated carbocycles. The van der Waals surface area contributed by atoms with Gasteiger partial charge in [0.1, 0.15) is 11.5 Å². The molecule has 0 radical (unpaired) electrons. The molecule has 0 spiro atoms. The lowest BCUT2D eigenvalue weighted by Gasteiger charge is -2.49. The molecule has 0 bridgehead atoms. The molecule has 0 aliphatic carbocycles. The zero-order chi connectivity index (χ0) is 23.7. The summed E-state index contributed by atoms with van der Waals surface area (Å²) >= 11 is 6.52. The minimum absolute atomic E-state index is 0.00266. The summed E-state index contributed by atoms with van der Waals surface area (Å²) < 4.78 is 10.7. The molecule has 0 aromatic heterocycles. The standard InChI is InChI=1S/C27H28ClN3O3/c1-33-20-11-8-19(9-12-20)29-27(32)22-15-18-7-10-21(34-2)16-25(18)31-14-13-30(17-26(22)31)24-6-4-3-5-23(24)28/h3-12,16,22,26H,13-15,17H2,1-2H3,(H,29,32)/t22-,26-/m0/s1. The molecular weight excluding hydrogens is 450 g/mol. The lowest BCUT2D eigenvalue weighted by molar-refractivity contribution is -0.120. The maximum atomic E-state index is 13.6. The van der Waals surface area contributed by atoms with E-state index in [1.807, 2.05) is 54.6 Å². The average molecular weight is 478 g/mol. The van der Waals surface area contributed by atoms with Crippen molar-refractivity contribution in [3.05, 3.63) is 77.3 Å². The first kappa shape index (κ1) is 22.4. The number of piperazine rings is 1. The minimum atomic E-state index is -0.215. The third-order valence-electron chi connectivity index (χ3n) is 6.81. The van der Waals surface area contributed by atoms with Gasteiger partial charge in [0.2, 0.25) is 5.91 Å². The monoisotopic (exact) mass is 477 g/mol. The van der Waals surface area contributed by atoms with Crippen molar-refractivity contribution in [2.24, 2.45) is 5.92 Å². The number of ether oxygens (including phenoxy) is 2. The van der Waals surface area contributed by atoms with E-state index in [1.54, 1.807) is 14.2 Å². The van der Waals surface area contributed by atoms with E-state index in [4.69, 9.17) is 21.1 Å². The van der Waals surface area contributed by atoms with Crippen LogP contribution in [-0.2, 0) is 11.2 Å². The normalized spacial score (nSPS) is 19.1. The quantitative estimate of drug-likeness (QED) is 0.568. The van der Waals surface area contributed by atoms with Gasteiger partial charge in [0, 0.05) is 37.1 Å². The molecule has 2 aliphatic rings. The topological polar surface area (TPSA) is 54.0 Å². The first-order valence-electron chi connectivity index (χ1n) is 11.5. The number of hydrogen-bond donors (Lipinski definition) is 1. The Morgan fingerprint density at radius 2 is 1.68 bits per heavy atom. The third kappa shape index (κ3) is 4.26. The van der Waals surface area contributed by atoms with Crippen LogP contribution < -0.4 is 24.6 Å². The van der Waals surface area contributed by atoms with Crippen LogP contribution in [0.2, 0.25) is 5.02 Å². The highest BCUT2D eigenvalue weighted by Gasteiger charge is 2.42. The van der Waals surface area contributed by atoms with E-state index in [9.17, 15) is 4.79 Å². The maximum absolute atomic E-state index is 13.6. The molecule has 2 heterocycles. The van der Waals surface area contributed by atoms with E-state index in [1.165, 1.54) is 0 Å². The van der Waals surface area contributed by atoms with Crippen molar-refractivity contribution in [2.75, 3.05) is 49.0 Å². The number of carbonyl (C=O) groups excluding carboxylic acids is 1. The van der Waals surface area contributed by atoms with E-state index in [0.717, 1.165) is 52.2 Å². The Balaban J connectivity index is 1.46. The van der Waals surface area contributed by atoms with E-state index in [-0.39, 0.29) is 17.9 Å². The SMILES string of the molecule is COc1ccc(NC(=O)[C@H]2Cc3ccc(OC)cc3N3CCN(c4ccccc4Cl)C[C@@H]23)cc1. The largest absolute Gasteiger partial charge is 0.497 e. The number of fused-ring (bicyclic) bond motifs is 3. The number of hydrogen-bond acceptors (Lipinski definition) is 5. The molecule has 3 aromatic carbocycles. The van der Waals surface area contributed by atoms with E-state index in [2.05, 4.69) is 27.2 Å². The van der Waals surface area contributed by atoms with Gasteiger partial charge >= 0.3 is 0 Å². The molecule has 34 heavy (non-hydrogen) atoms. The molecule has 2 atom stereocenters. The predicted molar refractivity (Wildman–Crippen MR) is 137 cm³/mol. The summed E-state index contributed by atoms with van der Waals surface area (Å²) in [5.41, 5.74) is 4.08. The summed E-state index contributed by atoms with van der Waals surface area (Å²) in [6.45, 7) is 2.33. The van der Waals surface area contributed by atoms with Crippen molar-refractivity contribution in [3.63, 3.8) is 0 Å². The Bertz CT molecular complexity index is 1180. The van der Waals surface area contributed by atoms with Crippen LogP contribution in [0.15, 0.2) is 66.7 Å². The Labute approximate surface area is 205 Å². The summed E-state index contributed by atoms with van der Waals surface area (Å²) in [5, 5.41) is 3.85. The molecule has 7 heteroatoms. The Morgan fingerprint density at radius 3 is 2.41 bits per heavy atom. The van der Waals surface area contributed by atoms with Crippen LogP contribution in [0.3, 0.4) is 0 Å². The molecular formula is C27H28ClN3O3. The summed E-state index contributed by atoms with van der Waals surface area (Å²) in [6.07, 6.45) is 0.666. The van der Waals surface area contributed by atoms with Gasteiger partial charge in [0.05, 0.1) is 36.9 Å². The molecule has 1 amide bonds. The Kier molecular flexibility index (Phi) is 6.24. The van der Waals surface area contributed by atoms with Crippen LogP contribution in [0.1, 0.15) is 5.56 Å². The fraction of sp³-hybridized carbons (Fsp3) is 0.296. The second-order valence-electron chi connectivity index (χ2n) is 8.68. The number of halogens is 1. The van der Waals surface area contributed by atoms with Crippen molar-refractivity contribution in [1.29, 1.82) is 0 Å². The first-order valence-corrected chi connectivity index (χ1v) is 11.8. The number of anilines is 3. The lowest BCUT2D eigenvalue weighted by atomic mass is 9.83. The van der Waals surface area contributed by atoms with Gasteiger partial charge in [0.25, 0.3) is 0 Å². The number of para-hydroxylation sites is 1. The molecule has 5 rings (SSSR count). The number of nitrogens with one attached hydrogen (secondary N) is 1. The highest BCUT2D eigenvalue weighted by atomic mass is 35.5. The van der Waals surface area contributed by atoms with Crippen LogP contribution in [0.5, 0.6) is 11.5 Å². The molecule has 1 saturated heterocycles. The zero-order valence-electron chi connectivity index (χ0n) is 19.3. The minimum Gasteiger partial charge on any atom is -0.497 e. The van der Waals surface area contributed by atoms with Crippen molar-refractivity contribution in [1.82, 2.24) is 0 Å². The fourth-order valence-electron chi connectivity index (χ4n) is 5.04. The number of rotatable bonds is 5.